The fourth-order valence-corrected chi connectivity index (χ4v) is 8.40. The topological polar surface area (TPSA) is 34.1 Å². The van der Waals surface area contributed by atoms with E-state index in [0.717, 1.165) is 34.4 Å². The first-order chi connectivity index (χ1) is 17.6. The molecule has 2 nitrogen and oxygen atoms in total. The van der Waals surface area contributed by atoms with Gasteiger partial charge in [-0.1, -0.05) is 76.6 Å². The van der Waals surface area contributed by atoms with Crippen LogP contribution in [0.4, 0.5) is 0 Å². The van der Waals surface area contributed by atoms with Crippen molar-refractivity contribution < 1.29 is 9.59 Å². The van der Waals surface area contributed by atoms with Gasteiger partial charge in [0.1, 0.15) is 0 Å². The molecule has 2 bridgehead atoms. The molecule has 0 N–H and O–H groups in total. The first-order valence-corrected chi connectivity index (χ1v) is 15.2. The molecule has 0 saturated carbocycles. The molecule has 0 radical (unpaired) electrons. The minimum atomic E-state index is -0.328. The lowest BCUT2D eigenvalue weighted by atomic mass is 9.80. The van der Waals surface area contributed by atoms with Crippen LogP contribution in [-0.2, 0) is 12.8 Å². The van der Waals surface area contributed by atoms with Gasteiger partial charge >= 0.3 is 0 Å². The summed E-state index contributed by atoms with van der Waals surface area (Å²) < 4.78 is 2.33. The van der Waals surface area contributed by atoms with Crippen molar-refractivity contribution in [3.05, 3.63) is 57.3 Å². The van der Waals surface area contributed by atoms with Crippen molar-refractivity contribution in [2.45, 2.75) is 78.1 Å². The first-order valence-electron chi connectivity index (χ1n) is 13.6. The van der Waals surface area contributed by atoms with Crippen molar-refractivity contribution in [1.82, 2.24) is 0 Å². The van der Waals surface area contributed by atoms with Crippen LogP contribution in [0.15, 0.2) is 36.4 Å². The molecule has 36 heavy (non-hydrogen) atoms. The summed E-state index contributed by atoms with van der Waals surface area (Å²) in [7, 11) is 0. The SMILES string of the molecule is CCCCCCc1cc2ccc3c4c5c(ccc6cc(CCCCCC)sc65)c(c3c2s1)C(=O)C4=O. The predicted molar refractivity (Wildman–Crippen MR) is 157 cm³/mol. The summed E-state index contributed by atoms with van der Waals surface area (Å²) >= 11 is 3.63. The molecule has 0 aliphatic heterocycles. The number of carbonyl (C=O) groups is 2. The number of carbonyl (C=O) groups excluding carboxylic acids is 2. The van der Waals surface area contributed by atoms with Gasteiger partial charge in [0.2, 0.25) is 11.6 Å². The summed E-state index contributed by atoms with van der Waals surface area (Å²) in [6.45, 7) is 4.48. The molecule has 184 valence electrons. The van der Waals surface area contributed by atoms with Crippen LogP contribution in [0.3, 0.4) is 0 Å². The molecular weight excluding hydrogens is 480 g/mol. The molecule has 4 heteroatoms. The Morgan fingerprint density at radius 3 is 1.44 bits per heavy atom. The van der Waals surface area contributed by atoms with Crippen molar-refractivity contribution in [2.24, 2.45) is 0 Å². The molecular formula is C32H32O2S2. The zero-order chi connectivity index (χ0) is 24.8. The van der Waals surface area contributed by atoms with Gasteiger partial charge in [-0.15, -0.1) is 22.7 Å². The number of rotatable bonds is 10. The number of thiophene rings is 2. The number of fused-ring (bicyclic) bond motifs is 3. The molecule has 0 amide bonds. The second-order valence-corrected chi connectivity index (χ2v) is 12.5. The van der Waals surface area contributed by atoms with Crippen LogP contribution in [0.2, 0.25) is 0 Å². The van der Waals surface area contributed by atoms with Crippen molar-refractivity contribution >= 4 is 76.0 Å². The van der Waals surface area contributed by atoms with E-state index in [0.29, 0.717) is 11.1 Å². The normalized spacial score (nSPS) is 13.4. The maximum atomic E-state index is 13.4. The predicted octanol–water partition coefficient (Wildman–Crippen LogP) is 10.0. The number of Topliss-reactive ketones (excluding diaryl/α,β-unsaturated/α-hetero) is 2. The van der Waals surface area contributed by atoms with Crippen LogP contribution in [0.5, 0.6) is 0 Å². The molecule has 0 saturated heterocycles. The Labute approximate surface area is 220 Å². The molecule has 0 unspecified atom stereocenters. The molecule has 0 fully saturated rings. The van der Waals surface area contributed by atoms with Gasteiger partial charge in [-0.3, -0.25) is 9.59 Å². The zero-order valence-corrected chi connectivity index (χ0v) is 22.8. The van der Waals surface area contributed by atoms with E-state index in [1.165, 1.54) is 81.3 Å². The molecule has 0 atom stereocenters. The lowest BCUT2D eigenvalue weighted by Crippen LogP contribution is -2.22. The molecule has 3 aromatic carbocycles. The van der Waals surface area contributed by atoms with E-state index in [9.17, 15) is 9.59 Å². The summed E-state index contributed by atoms with van der Waals surface area (Å²) in [6, 6.07) is 13.1. The van der Waals surface area contributed by atoms with Crippen molar-refractivity contribution in [1.29, 1.82) is 0 Å². The minimum absolute atomic E-state index is 0.328. The van der Waals surface area contributed by atoms with Crippen molar-refractivity contribution in [3.63, 3.8) is 0 Å². The van der Waals surface area contributed by atoms with E-state index in [4.69, 9.17) is 0 Å². The quantitative estimate of drug-likeness (QED) is 0.106. The van der Waals surface area contributed by atoms with E-state index in [2.05, 4.69) is 50.2 Å². The molecule has 2 aliphatic carbocycles. The van der Waals surface area contributed by atoms with E-state index in [1.807, 2.05) is 22.7 Å². The third kappa shape index (κ3) is 3.81. The first kappa shape index (κ1) is 23.8. The van der Waals surface area contributed by atoms with Gasteiger partial charge in [-0.25, -0.2) is 0 Å². The van der Waals surface area contributed by atoms with Crippen molar-refractivity contribution in [3.8, 4) is 0 Å². The molecule has 5 aromatic rings. The number of hydrogen-bond donors (Lipinski definition) is 0. The van der Waals surface area contributed by atoms with Gasteiger partial charge in [-0.05, 0) is 59.4 Å². The Morgan fingerprint density at radius 2 is 1.03 bits per heavy atom. The van der Waals surface area contributed by atoms with Gasteiger partial charge in [0, 0.05) is 41.1 Å². The summed E-state index contributed by atoms with van der Waals surface area (Å²) in [5.74, 6) is -0.655. The second-order valence-electron chi connectivity index (χ2n) is 10.3. The smallest absolute Gasteiger partial charge is 0.234 e. The van der Waals surface area contributed by atoms with Gasteiger partial charge in [0.15, 0.2) is 0 Å². The highest BCUT2D eigenvalue weighted by Gasteiger charge is 2.35. The number of unbranched alkanes of at least 4 members (excludes halogenated alkanes) is 6. The standard InChI is InChI=1S/C32H32O2S2/c1-3-5-7-9-11-21-17-19-13-15-23-26-28-24(25(29(33)30(26)34)27(23)31(19)35-21)16-14-20-18-22(36-32(20)28)12-10-8-6-4-2/h13-18H,3-12H2,1-2H3. The Morgan fingerprint density at radius 1 is 0.583 bits per heavy atom. The van der Waals surface area contributed by atoms with Crippen LogP contribution in [0, 0.1) is 0 Å². The fraction of sp³-hybridized carbons (Fsp3) is 0.375. The van der Waals surface area contributed by atoms with Gasteiger partial charge in [0.25, 0.3) is 0 Å². The molecule has 2 heterocycles. The van der Waals surface area contributed by atoms with Crippen LogP contribution in [0.25, 0.3) is 41.7 Å². The highest BCUT2D eigenvalue weighted by atomic mass is 32.1. The zero-order valence-electron chi connectivity index (χ0n) is 21.2. The average Bonchev–Trinajstić information content (AvgIpc) is 3.50. The molecule has 7 rings (SSSR count). The van der Waals surface area contributed by atoms with Crippen LogP contribution < -0.4 is 0 Å². The Bertz CT molecular complexity index is 1530. The van der Waals surface area contributed by atoms with E-state index in [1.54, 1.807) is 0 Å². The maximum absolute atomic E-state index is 13.4. The van der Waals surface area contributed by atoms with Gasteiger partial charge in [0.05, 0.1) is 0 Å². The number of ketones is 2. The van der Waals surface area contributed by atoms with Crippen molar-refractivity contribution in [2.75, 3.05) is 0 Å². The third-order valence-electron chi connectivity index (χ3n) is 7.73. The maximum Gasteiger partial charge on any atom is 0.234 e. The Hall–Kier alpha value is -2.56. The van der Waals surface area contributed by atoms with Gasteiger partial charge < -0.3 is 0 Å². The highest BCUT2D eigenvalue weighted by Crippen LogP contribution is 2.47. The van der Waals surface area contributed by atoms with Gasteiger partial charge in [-0.2, -0.15) is 0 Å². The van der Waals surface area contributed by atoms with E-state index >= 15 is 0 Å². The van der Waals surface area contributed by atoms with Crippen LogP contribution in [-0.4, -0.2) is 11.6 Å². The Balaban J connectivity index is 1.52. The summed E-state index contributed by atoms with van der Waals surface area (Å²) in [4.78, 5) is 29.5. The summed E-state index contributed by atoms with van der Waals surface area (Å²) in [6.07, 6.45) is 12.1. The second kappa shape index (κ2) is 9.72. The summed E-state index contributed by atoms with van der Waals surface area (Å²) in [5.41, 5.74) is 1.26. The van der Waals surface area contributed by atoms with E-state index < -0.39 is 0 Å². The number of benzene rings is 3. The summed E-state index contributed by atoms with van der Waals surface area (Å²) in [5, 5.41) is 6.30. The fourth-order valence-electron chi connectivity index (χ4n) is 5.89. The molecule has 2 aliphatic rings. The average molecular weight is 513 g/mol. The van der Waals surface area contributed by atoms with Crippen LogP contribution in [0.1, 0.15) is 95.7 Å². The molecule has 2 aromatic heterocycles. The van der Waals surface area contributed by atoms with E-state index in [-0.39, 0.29) is 11.6 Å². The number of hydrogen-bond acceptors (Lipinski definition) is 4. The largest absolute Gasteiger partial charge is 0.285 e. The monoisotopic (exact) mass is 512 g/mol. The number of aryl methyl sites for hydroxylation is 2. The third-order valence-corrected chi connectivity index (χ3v) is 10.2. The lowest BCUT2D eigenvalue weighted by Gasteiger charge is -2.21. The highest BCUT2D eigenvalue weighted by molar-refractivity contribution is 7.20. The Kier molecular flexibility index (Phi) is 6.43. The van der Waals surface area contributed by atoms with Crippen LogP contribution >= 0.6 is 22.7 Å². The lowest BCUT2D eigenvalue weighted by molar-refractivity contribution is 0.0818. The molecule has 0 spiro atoms. The minimum Gasteiger partial charge on any atom is -0.285 e.